The van der Waals surface area contributed by atoms with Crippen LogP contribution in [0.15, 0.2) is 29.6 Å². The third-order valence-corrected chi connectivity index (χ3v) is 9.71. The maximum absolute atomic E-state index is 13.5. The quantitative estimate of drug-likeness (QED) is 0.461. The van der Waals surface area contributed by atoms with Crippen molar-refractivity contribution < 1.29 is 19.1 Å². The maximum Gasteiger partial charge on any atom is 0.251 e. The van der Waals surface area contributed by atoms with Crippen LogP contribution < -0.4 is 10.6 Å². The molecule has 3 amide bonds. The highest BCUT2D eigenvalue weighted by molar-refractivity contribution is 8.00. The Morgan fingerprint density at radius 3 is 2.55 bits per heavy atom. The second kappa shape index (κ2) is 12.2. The van der Waals surface area contributed by atoms with Crippen molar-refractivity contribution in [2.24, 2.45) is 11.8 Å². The molecular weight excluding hydrogens is 520 g/mol. The number of anilines is 1. The Balaban J connectivity index is 1.26. The molecule has 0 bridgehead atoms. The predicted octanol–water partition coefficient (Wildman–Crippen LogP) is 4.77. The third kappa shape index (κ3) is 6.24. The van der Waals surface area contributed by atoms with Crippen molar-refractivity contribution in [2.45, 2.75) is 69.8 Å². The van der Waals surface area contributed by atoms with Crippen LogP contribution >= 0.6 is 23.1 Å². The number of carbonyl (C=O) groups is 3. The first-order chi connectivity index (χ1) is 18.4. The number of hydrogen-bond acceptors (Lipinski definition) is 7. The summed E-state index contributed by atoms with van der Waals surface area (Å²) in [4.78, 5) is 45.8. The van der Waals surface area contributed by atoms with E-state index in [0.29, 0.717) is 41.6 Å². The standard InChI is InChI=1S/C28H36N4O4S2/c1-3-4-17(2)26(35)32-23(16-37-27(32)20-11-13-36-14-12-20)25(34)31-28-30-22(15-38-28)18-5-7-19(8-6-18)24(33)29-21-9-10-21/h5-8,15,17,20-21,23,27H,3-4,9-14,16H2,1-2H3,(H,29,33)(H,30,31,34)/t17?,23-,27?/m0/s1. The number of ether oxygens (including phenoxy) is 1. The van der Waals surface area contributed by atoms with Gasteiger partial charge in [-0.15, -0.1) is 23.1 Å². The van der Waals surface area contributed by atoms with Crippen LogP contribution in [0.25, 0.3) is 11.3 Å². The zero-order chi connectivity index (χ0) is 26.6. The van der Waals surface area contributed by atoms with Crippen molar-refractivity contribution in [1.82, 2.24) is 15.2 Å². The van der Waals surface area contributed by atoms with Crippen LogP contribution in [-0.4, -0.2) is 64.0 Å². The van der Waals surface area contributed by atoms with E-state index in [1.54, 1.807) is 23.9 Å². The van der Waals surface area contributed by atoms with E-state index < -0.39 is 6.04 Å². The van der Waals surface area contributed by atoms with Crippen LogP contribution in [0.3, 0.4) is 0 Å². The summed E-state index contributed by atoms with van der Waals surface area (Å²) in [6, 6.07) is 7.17. The molecule has 204 valence electrons. The molecule has 38 heavy (non-hydrogen) atoms. The molecule has 1 saturated carbocycles. The van der Waals surface area contributed by atoms with Crippen LogP contribution in [0.5, 0.6) is 0 Å². The molecule has 10 heteroatoms. The lowest BCUT2D eigenvalue weighted by molar-refractivity contribution is -0.142. The second-order valence-electron chi connectivity index (χ2n) is 10.5. The van der Waals surface area contributed by atoms with Crippen molar-refractivity contribution >= 4 is 46.0 Å². The van der Waals surface area contributed by atoms with Crippen molar-refractivity contribution in [3.63, 3.8) is 0 Å². The molecule has 5 rings (SSSR count). The molecule has 8 nitrogen and oxygen atoms in total. The Kier molecular flexibility index (Phi) is 8.70. The first kappa shape index (κ1) is 27.1. The van der Waals surface area contributed by atoms with Gasteiger partial charge < -0.3 is 20.3 Å². The average Bonchev–Trinajstić information content (AvgIpc) is 3.44. The summed E-state index contributed by atoms with van der Waals surface area (Å²) in [6.07, 6.45) is 5.67. The summed E-state index contributed by atoms with van der Waals surface area (Å²) < 4.78 is 5.55. The van der Waals surface area contributed by atoms with Gasteiger partial charge >= 0.3 is 0 Å². The molecule has 3 heterocycles. The highest BCUT2D eigenvalue weighted by atomic mass is 32.2. The molecule has 2 unspecified atom stereocenters. The number of thioether (sulfide) groups is 1. The lowest BCUT2D eigenvalue weighted by Gasteiger charge is -2.36. The largest absolute Gasteiger partial charge is 0.381 e. The number of nitrogens with one attached hydrogen (secondary N) is 2. The fourth-order valence-electron chi connectivity index (χ4n) is 5.13. The van der Waals surface area contributed by atoms with Crippen LogP contribution in [0, 0.1) is 11.8 Å². The highest BCUT2D eigenvalue weighted by Crippen LogP contribution is 2.40. The van der Waals surface area contributed by atoms with E-state index in [1.807, 2.05) is 29.3 Å². The molecule has 1 aromatic heterocycles. The molecule has 1 aromatic carbocycles. The Bertz CT molecular complexity index is 1140. The topological polar surface area (TPSA) is 101 Å². The van der Waals surface area contributed by atoms with E-state index in [1.165, 1.54) is 11.3 Å². The zero-order valence-electron chi connectivity index (χ0n) is 22.0. The molecule has 3 aliphatic rings. The van der Waals surface area contributed by atoms with E-state index >= 15 is 0 Å². The minimum atomic E-state index is -0.517. The number of rotatable bonds is 9. The summed E-state index contributed by atoms with van der Waals surface area (Å²) in [6.45, 7) is 5.47. The van der Waals surface area contributed by atoms with E-state index in [9.17, 15) is 14.4 Å². The van der Waals surface area contributed by atoms with Gasteiger partial charge in [-0.2, -0.15) is 0 Å². The number of thiazole rings is 1. The summed E-state index contributed by atoms with van der Waals surface area (Å²) in [5.74, 6) is 0.644. The lowest BCUT2D eigenvalue weighted by atomic mass is 9.96. The molecule has 2 aromatic rings. The van der Waals surface area contributed by atoms with Gasteiger partial charge in [-0.05, 0) is 50.2 Å². The Labute approximate surface area is 232 Å². The minimum absolute atomic E-state index is 0.00365. The first-order valence-corrected chi connectivity index (χ1v) is 15.6. The van der Waals surface area contributed by atoms with Crippen molar-refractivity contribution in [3.05, 3.63) is 35.2 Å². The number of aromatic nitrogens is 1. The summed E-state index contributed by atoms with van der Waals surface area (Å²) in [5.41, 5.74) is 2.25. The van der Waals surface area contributed by atoms with Crippen molar-refractivity contribution in [3.8, 4) is 11.3 Å². The molecule has 1 aliphatic carbocycles. The first-order valence-electron chi connectivity index (χ1n) is 13.6. The molecule has 3 fully saturated rings. The van der Waals surface area contributed by atoms with Gasteiger partial charge in [0.15, 0.2) is 5.13 Å². The molecule has 2 saturated heterocycles. The van der Waals surface area contributed by atoms with Gasteiger partial charge in [-0.3, -0.25) is 14.4 Å². The van der Waals surface area contributed by atoms with Gasteiger partial charge in [0.25, 0.3) is 5.91 Å². The molecule has 0 spiro atoms. The Morgan fingerprint density at radius 2 is 1.87 bits per heavy atom. The average molecular weight is 557 g/mol. The number of carbonyl (C=O) groups excluding carboxylic acids is 3. The van der Waals surface area contributed by atoms with Gasteiger partial charge in [0.1, 0.15) is 6.04 Å². The van der Waals surface area contributed by atoms with Gasteiger partial charge in [-0.1, -0.05) is 32.4 Å². The SMILES string of the molecule is CCCC(C)C(=O)N1C(C2CCOCC2)SC[C@H]1C(=O)Nc1nc(-c2ccc(C(=O)NC3CC3)cc2)cs1. The third-order valence-electron chi connectivity index (χ3n) is 7.49. The van der Waals surface area contributed by atoms with Crippen LogP contribution in [0.4, 0.5) is 5.13 Å². The summed E-state index contributed by atoms with van der Waals surface area (Å²) in [7, 11) is 0. The Hall–Kier alpha value is -2.43. The van der Waals surface area contributed by atoms with E-state index in [4.69, 9.17) is 4.74 Å². The van der Waals surface area contributed by atoms with Crippen molar-refractivity contribution in [1.29, 1.82) is 0 Å². The molecule has 3 atom stereocenters. The minimum Gasteiger partial charge on any atom is -0.381 e. The fraction of sp³-hybridized carbons (Fsp3) is 0.571. The van der Waals surface area contributed by atoms with Gasteiger partial charge in [0.05, 0.1) is 11.1 Å². The van der Waals surface area contributed by atoms with Crippen LogP contribution in [0.2, 0.25) is 0 Å². The second-order valence-corrected chi connectivity index (χ2v) is 12.5. The molecular formula is C28H36N4O4S2. The van der Waals surface area contributed by atoms with E-state index in [-0.39, 0.29) is 29.0 Å². The van der Waals surface area contributed by atoms with Gasteiger partial charge in [-0.25, -0.2) is 4.98 Å². The number of hydrogen-bond donors (Lipinski definition) is 2. The monoisotopic (exact) mass is 556 g/mol. The van der Waals surface area contributed by atoms with Gasteiger partial charge in [0, 0.05) is 47.4 Å². The fourth-order valence-corrected chi connectivity index (χ4v) is 7.49. The van der Waals surface area contributed by atoms with Crippen molar-refractivity contribution in [2.75, 3.05) is 24.3 Å². The lowest BCUT2D eigenvalue weighted by Crippen LogP contribution is -2.51. The predicted molar refractivity (Wildman–Crippen MR) is 151 cm³/mol. The van der Waals surface area contributed by atoms with Crippen LogP contribution in [-0.2, 0) is 14.3 Å². The zero-order valence-corrected chi connectivity index (χ0v) is 23.6. The van der Waals surface area contributed by atoms with Gasteiger partial charge in [0.2, 0.25) is 11.8 Å². The highest BCUT2D eigenvalue weighted by Gasteiger charge is 2.46. The number of benzene rings is 1. The molecule has 0 radical (unpaired) electrons. The van der Waals surface area contributed by atoms with E-state index in [0.717, 1.165) is 49.8 Å². The van der Waals surface area contributed by atoms with E-state index in [2.05, 4.69) is 22.5 Å². The summed E-state index contributed by atoms with van der Waals surface area (Å²) in [5, 5.41) is 8.39. The maximum atomic E-state index is 13.5. The van der Waals surface area contributed by atoms with Crippen LogP contribution in [0.1, 0.15) is 62.7 Å². The summed E-state index contributed by atoms with van der Waals surface area (Å²) >= 11 is 3.08. The molecule has 2 aliphatic heterocycles. The Morgan fingerprint density at radius 1 is 1.13 bits per heavy atom. The smallest absolute Gasteiger partial charge is 0.251 e. The molecule has 2 N–H and O–H groups in total. The number of amides is 3. The normalized spacial score (nSPS) is 22.7. The number of nitrogens with zero attached hydrogens (tertiary/aromatic N) is 2.